The predicted molar refractivity (Wildman–Crippen MR) is 71.6 cm³/mol. The second kappa shape index (κ2) is 6.22. The first-order valence-corrected chi connectivity index (χ1v) is 6.19. The smallest absolute Gasteiger partial charge is 0.303 e. The molecule has 0 aliphatic carbocycles. The molecule has 1 heterocycles. The van der Waals surface area contributed by atoms with E-state index in [2.05, 4.69) is 17.2 Å². The van der Waals surface area contributed by atoms with E-state index < -0.39 is 24.2 Å². The molecule has 1 amide bonds. The van der Waals surface area contributed by atoms with Crippen LogP contribution in [-0.2, 0) is 19.1 Å². The van der Waals surface area contributed by atoms with Crippen molar-refractivity contribution >= 4 is 11.9 Å². The van der Waals surface area contributed by atoms with E-state index in [1.165, 1.54) is 14.0 Å². The minimum Gasteiger partial charge on any atom is -0.447 e. The van der Waals surface area contributed by atoms with Gasteiger partial charge >= 0.3 is 5.97 Å². The summed E-state index contributed by atoms with van der Waals surface area (Å²) in [7, 11) is 1.44. The highest BCUT2D eigenvalue weighted by atomic mass is 16.5. The molecule has 0 aromatic heterocycles. The Labute approximate surface area is 117 Å². The zero-order valence-electron chi connectivity index (χ0n) is 11.3. The zero-order chi connectivity index (χ0) is 14.5. The highest BCUT2D eigenvalue weighted by molar-refractivity contribution is 5.88. The molecule has 1 aromatic rings. The summed E-state index contributed by atoms with van der Waals surface area (Å²) in [6.45, 7) is 1.31. The largest absolute Gasteiger partial charge is 0.447 e. The summed E-state index contributed by atoms with van der Waals surface area (Å²) in [4.78, 5) is 22.5. The zero-order valence-corrected chi connectivity index (χ0v) is 11.3. The maximum atomic E-state index is 11.3. The summed E-state index contributed by atoms with van der Waals surface area (Å²) < 4.78 is 10.2. The molecule has 0 spiro atoms. The van der Waals surface area contributed by atoms with E-state index in [0.717, 1.165) is 5.56 Å². The summed E-state index contributed by atoms with van der Waals surface area (Å²) in [5.41, 5.74) is 0.810. The minimum atomic E-state index is -0.727. The van der Waals surface area contributed by atoms with Crippen LogP contribution in [-0.4, -0.2) is 37.2 Å². The van der Waals surface area contributed by atoms with Gasteiger partial charge in [0.05, 0.1) is 0 Å². The van der Waals surface area contributed by atoms with E-state index in [-0.39, 0.29) is 5.91 Å². The van der Waals surface area contributed by atoms with Crippen molar-refractivity contribution in [1.82, 2.24) is 5.32 Å². The van der Waals surface area contributed by atoms with Crippen molar-refractivity contribution in [3.8, 4) is 11.8 Å². The summed E-state index contributed by atoms with van der Waals surface area (Å²) in [6, 6.07) is 8.90. The summed E-state index contributed by atoms with van der Waals surface area (Å²) >= 11 is 0. The van der Waals surface area contributed by atoms with Crippen molar-refractivity contribution in [1.29, 1.82) is 0 Å². The van der Waals surface area contributed by atoms with Crippen LogP contribution in [0.1, 0.15) is 12.5 Å². The number of carbonyl (C=O) groups excluding carboxylic acids is 2. The first kappa shape index (κ1) is 14.1. The lowest BCUT2D eigenvalue weighted by Crippen LogP contribution is -2.68. The number of esters is 1. The molecule has 20 heavy (non-hydrogen) atoms. The molecule has 2 rings (SSSR count). The fourth-order valence-electron chi connectivity index (χ4n) is 1.92. The van der Waals surface area contributed by atoms with Crippen LogP contribution in [0, 0.1) is 11.8 Å². The van der Waals surface area contributed by atoms with Gasteiger partial charge in [0.25, 0.3) is 5.91 Å². The number of carbonyl (C=O) groups is 2. The molecule has 0 saturated carbocycles. The number of amides is 1. The van der Waals surface area contributed by atoms with Gasteiger partial charge in [-0.1, -0.05) is 30.0 Å². The fourth-order valence-corrected chi connectivity index (χ4v) is 1.92. The van der Waals surface area contributed by atoms with Crippen LogP contribution < -0.4 is 5.32 Å². The van der Waals surface area contributed by atoms with Crippen LogP contribution in [0.2, 0.25) is 0 Å². The van der Waals surface area contributed by atoms with E-state index in [0.29, 0.717) is 0 Å². The Kier molecular flexibility index (Phi) is 4.38. The van der Waals surface area contributed by atoms with Gasteiger partial charge < -0.3 is 14.8 Å². The SMILES string of the molecule is CO[C@H]1C(=O)N[C@H]1[C@@H](C#Cc1ccccc1)OC(C)=O. The summed E-state index contributed by atoms with van der Waals surface area (Å²) in [5, 5.41) is 2.64. The molecular weight excluding hydrogens is 258 g/mol. The van der Waals surface area contributed by atoms with Gasteiger partial charge in [-0.2, -0.15) is 0 Å². The third kappa shape index (κ3) is 3.16. The fraction of sp³-hybridized carbons (Fsp3) is 0.333. The van der Waals surface area contributed by atoms with Crippen LogP contribution in [0.25, 0.3) is 0 Å². The van der Waals surface area contributed by atoms with E-state index in [9.17, 15) is 9.59 Å². The summed E-state index contributed by atoms with van der Waals surface area (Å²) in [5.74, 6) is 5.11. The molecule has 1 saturated heterocycles. The molecule has 1 aliphatic heterocycles. The van der Waals surface area contributed by atoms with E-state index in [4.69, 9.17) is 9.47 Å². The normalized spacial score (nSPS) is 21.8. The number of hydrogen-bond acceptors (Lipinski definition) is 4. The molecule has 1 fully saturated rings. The Bertz CT molecular complexity index is 558. The number of methoxy groups -OCH3 is 1. The molecule has 1 aliphatic rings. The maximum Gasteiger partial charge on any atom is 0.303 e. The molecular formula is C15H15NO4. The Morgan fingerprint density at radius 3 is 2.60 bits per heavy atom. The van der Waals surface area contributed by atoms with Gasteiger partial charge in [0.1, 0.15) is 6.04 Å². The van der Waals surface area contributed by atoms with Gasteiger partial charge in [0, 0.05) is 19.6 Å². The lowest BCUT2D eigenvalue weighted by molar-refractivity contribution is -0.159. The van der Waals surface area contributed by atoms with Crippen LogP contribution in [0.5, 0.6) is 0 Å². The quantitative estimate of drug-likeness (QED) is 0.494. The predicted octanol–water partition coefficient (Wildman–Crippen LogP) is 0.483. The number of rotatable bonds is 3. The monoisotopic (exact) mass is 273 g/mol. The number of nitrogens with one attached hydrogen (secondary N) is 1. The van der Waals surface area contributed by atoms with Gasteiger partial charge in [-0.3, -0.25) is 9.59 Å². The molecule has 0 unspecified atom stereocenters. The molecule has 0 radical (unpaired) electrons. The van der Waals surface area contributed by atoms with E-state index in [1.54, 1.807) is 0 Å². The summed E-state index contributed by atoms with van der Waals surface area (Å²) in [6.07, 6.45) is -1.36. The molecule has 5 heteroatoms. The maximum absolute atomic E-state index is 11.3. The van der Waals surface area contributed by atoms with E-state index in [1.807, 2.05) is 30.3 Å². The lowest BCUT2D eigenvalue weighted by atomic mass is 9.96. The van der Waals surface area contributed by atoms with Gasteiger partial charge in [-0.15, -0.1) is 0 Å². The lowest BCUT2D eigenvalue weighted by Gasteiger charge is -2.37. The van der Waals surface area contributed by atoms with Crippen LogP contribution in [0.3, 0.4) is 0 Å². The molecule has 3 atom stereocenters. The topological polar surface area (TPSA) is 64.6 Å². The molecule has 1 aromatic carbocycles. The van der Waals surface area contributed by atoms with Gasteiger partial charge in [-0.05, 0) is 12.1 Å². The Balaban J connectivity index is 2.15. The van der Waals surface area contributed by atoms with Gasteiger partial charge in [0.15, 0.2) is 12.2 Å². The minimum absolute atomic E-state index is 0.226. The van der Waals surface area contributed by atoms with Crippen molar-refractivity contribution in [2.24, 2.45) is 0 Å². The molecule has 0 bridgehead atoms. The van der Waals surface area contributed by atoms with Crippen LogP contribution >= 0.6 is 0 Å². The Morgan fingerprint density at radius 2 is 2.05 bits per heavy atom. The van der Waals surface area contributed by atoms with Crippen LogP contribution in [0.15, 0.2) is 30.3 Å². The average molecular weight is 273 g/mol. The number of β-lactam (4-membered cyclic amide) rings is 1. The standard InChI is InChI=1S/C15H15NO4/c1-10(17)20-12(13-14(19-2)15(18)16-13)9-8-11-6-4-3-5-7-11/h3-7,12-14H,1-2H3,(H,16,18)/t12-,13+,14-/m1/s1. The first-order valence-electron chi connectivity index (χ1n) is 6.19. The van der Waals surface area contributed by atoms with Gasteiger partial charge in [0.2, 0.25) is 0 Å². The highest BCUT2D eigenvalue weighted by Crippen LogP contribution is 2.16. The number of ether oxygens (including phenoxy) is 2. The first-order chi connectivity index (χ1) is 9.61. The average Bonchev–Trinajstić information content (AvgIpc) is 2.42. The Hall–Kier alpha value is -2.32. The second-order valence-electron chi connectivity index (χ2n) is 4.36. The molecule has 1 N–H and O–H groups in total. The third-order valence-corrected chi connectivity index (χ3v) is 2.90. The van der Waals surface area contributed by atoms with Crippen LogP contribution in [0.4, 0.5) is 0 Å². The third-order valence-electron chi connectivity index (χ3n) is 2.90. The number of hydrogen-bond donors (Lipinski definition) is 1. The molecule has 5 nitrogen and oxygen atoms in total. The van der Waals surface area contributed by atoms with Crippen molar-refractivity contribution in [2.75, 3.05) is 7.11 Å². The number of benzene rings is 1. The Morgan fingerprint density at radius 1 is 1.35 bits per heavy atom. The second-order valence-corrected chi connectivity index (χ2v) is 4.36. The van der Waals surface area contributed by atoms with Crippen molar-refractivity contribution < 1.29 is 19.1 Å². The highest BCUT2D eigenvalue weighted by Gasteiger charge is 2.45. The van der Waals surface area contributed by atoms with Crippen molar-refractivity contribution in [2.45, 2.75) is 25.2 Å². The van der Waals surface area contributed by atoms with Crippen molar-refractivity contribution in [3.05, 3.63) is 35.9 Å². The van der Waals surface area contributed by atoms with Crippen molar-refractivity contribution in [3.63, 3.8) is 0 Å². The van der Waals surface area contributed by atoms with Gasteiger partial charge in [-0.25, -0.2) is 0 Å². The van der Waals surface area contributed by atoms with E-state index >= 15 is 0 Å². The molecule has 104 valence electrons.